The van der Waals surface area contributed by atoms with E-state index in [0.29, 0.717) is 19.1 Å². The van der Waals surface area contributed by atoms with Crippen molar-refractivity contribution in [1.29, 1.82) is 0 Å². The van der Waals surface area contributed by atoms with E-state index in [0.717, 1.165) is 17.9 Å². The van der Waals surface area contributed by atoms with Crippen LogP contribution in [-0.4, -0.2) is 24.9 Å². The molecule has 0 aromatic carbocycles. The van der Waals surface area contributed by atoms with E-state index in [2.05, 4.69) is 55.4 Å². The van der Waals surface area contributed by atoms with Gasteiger partial charge in [0.2, 0.25) is 0 Å². The molecule has 1 aliphatic heterocycles. The fourth-order valence-electron chi connectivity index (χ4n) is 4.31. The van der Waals surface area contributed by atoms with Crippen molar-refractivity contribution in [2.45, 2.75) is 106 Å². The molecule has 28 heavy (non-hydrogen) atoms. The molecule has 0 spiro atoms. The SMILES string of the molecule is CCCCCCC(C)C(C)(C)CC(C)(C)OCC1COc2c(C)sc(C)c2O1. The molecule has 3 nitrogen and oxygen atoms in total. The molecular weight excluding hydrogens is 368 g/mol. The van der Waals surface area contributed by atoms with Gasteiger partial charge in [0.25, 0.3) is 0 Å². The highest BCUT2D eigenvalue weighted by atomic mass is 32.1. The molecule has 0 saturated carbocycles. The second-order valence-electron chi connectivity index (χ2n) is 9.91. The summed E-state index contributed by atoms with van der Waals surface area (Å²) in [5.41, 5.74) is 0.0816. The first kappa shape index (κ1) is 23.5. The van der Waals surface area contributed by atoms with Gasteiger partial charge in [-0.1, -0.05) is 59.8 Å². The van der Waals surface area contributed by atoms with Gasteiger partial charge in [-0.05, 0) is 45.4 Å². The van der Waals surface area contributed by atoms with E-state index in [-0.39, 0.29) is 17.1 Å². The third kappa shape index (κ3) is 6.38. The maximum Gasteiger partial charge on any atom is 0.175 e. The van der Waals surface area contributed by atoms with Gasteiger partial charge in [0.05, 0.1) is 12.2 Å². The first-order chi connectivity index (χ1) is 13.1. The minimum atomic E-state index is -0.176. The maximum absolute atomic E-state index is 6.36. The normalized spacial score (nSPS) is 18.4. The van der Waals surface area contributed by atoms with Crippen LogP contribution in [0.5, 0.6) is 11.5 Å². The number of aryl methyl sites for hydroxylation is 2. The fourth-order valence-corrected chi connectivity index (χ4v) is 5.25. The van der Waals surface area contributed by atoms with Crippen molar-refractivity contribution < 1.29 is 14.2 Å². The second-order valence-corrected chi connectivity index (χ2v) is 11.3. The highest BCUT2D eigenvalue weighted by Gasteiger charge is 2.35. The van der Waals surface area contributed by atoms with E-state index in [9.17, 15) is 0 Å². The highest BCUT2D eigenvalue weighted by Crippen LogP contribution is 2.44. The van der Waals surface area contributed by atoms with Gasteiger partial charge in [-0.3, -0.25) is 0 Å². The molecule has 2 atom stereocenters. The van der Waals surface area contributed by atoms with E-state index < -0.39 is 0 Å². The molecule has 4 heteroatoms. The Hall–Kier alpha value is -0.740. The monoisotopic (exact) mass is 410 g/mol. The number of ether oxygens (including phenoxy) is 3. The zero-order chi connectivity index (χ0) is 20.9. The minimum Gasteiger partial charge on any atom is -0.485 e. The van der Waals surface area contributed by atoms with Crippen molar-refractivity contribution in [2.75, 3.05) is 13.2 Å². The predicted molar refractivity (Wildman–Crippen MR) is 120 cm³/mol. The average Bonchev–Trinajstić information content (AvgIpc) is 2.90. The van der Waals surface area contributed by atoms with Crippen LogP contribution in [0.3, 0.4) is 0 Å². The molecule has 0 radical (unpaired) electrons. The number of thiophene rings is 1. The Kier molecular flexibility index (Phi) is 8.27. The molecule has 2 heterocycles. The molecular formula is C24H42O3S. The van der Waals surface area contributed by atoms with Crippen LogP contribution in [0, 0.1) is 25.2 Å². The number of rotatable bonds is 11. The lowest BCUT2D eigenvalue weighted by molar-refractivity contribution is -0.0904. The molecule has 2 rings (SSSR count). The molecule has 1 aromatic rings. The van der Waals surface area contributed by atoms with Gasteiger partial charge in [-0.15, -0.1) is 11.3 Å². The molecule has 0 saturated heterocycles. The van der Waals surface area contributed by atoms with Crippen molar-refractivity contribution >= 4 is 11.3 Å². The molecule has 0 aliphatic carbocycles. The van der Waals surface area contributed by atoms with Gasteiger partial charge in [-0.2, -0.15) is 0 Å². The van der Waals surface area contributed by atoms with Gasteiger partial charge in [0.1, 0.15) is 6.61 Å². The van der Waals surface area contributed by atoms with E-state index in [4.69, 9.17) is 14.2 Å². The standard InChI is InChI=1S/C24H42O3S/c1-9-10-11-12-13-17(2)23(5,6)16-24(7,8)26-15-20-14-25-21-18(3)28-19(4)22(21)27-20/h17,20H,9-16H2,1-8H3. The first-order valence-corrected chi connectivity index (χ1v) is 11.9. The number of hydrogen-bond acceptors (Lipinski definition) is 4. The molecule has 0 amide bonds. The van der Waals surface area contributed by atoms with Crippen LogP contribution in [0.15, 0.2) is 0 Å². The van der Waals surface area contributed by atoms with Crippen LogP contribution in [0.2, 0.25) is 0 Å². The van der Waals surface area contributed by atoms with Crippen LogP contribution >= 0.6 is 11.3 Å². The zero-order valence-corrected chi connectivity index (χ0v) is 20.3. The summed E-state index contributed by atoms with van der Waals surface area (Å²) in [7, 11) is 0. The van der Waals surface area contributed by atoms with Crippen molar-refractivity contribution in [1.82, 2.24) is 0 Å². The lowest BCUT2D eigenvalue weighted by Gasteiger charge is -2.40. The largest absolute Gasteiger partial charge is 0.485 e. The van der Waals surface area contributed by atoms with Crippen molar-refractivity contribution in [3.05, 3.63) is 9.75 Å². The molecule has 2 unspecified atom stereocenters. The molecule has 162 valence electrons. The topological polar surface area (TPSA) is 27.7 Å². The van der Waals surface area contributed by atoms with E-state index in [1.807, 2.05) is 0 Å². The summed E-state index contributed by atoms with van der Waals surface area (Å²) in [5.74, 6) is 2.54. The quantitative estimate of drug-likeness (QED) is 0.358. The smallest absolute Gasteiger partial charge is 0.175 e. The van der Waals surface area contributed by atoms with Crippen molar-refractivity contribution in [3.8, 4) is 11.5 Å². The Morgan fingerprint density at radius 2 is 1.75 bits per heavy atom. The number of unbranched alkanes of at least 4 members (excludes halogenated alkanes) is 3. The van der Waals surface area contributed by atoms with Gasteiger partial charge in [-0.25, -0.2) is 0 Å². The third-order valence-corrected chi connectivity index (χ3v) is 7.20. The summed E-state index contributed by atoms with van der Waals surface area (Å²) in [6.07, 6.45) is 7.68. The van der Waals surface area contributed by atoms with Gasteiger partial charge in [0.15, 0.2) is 17.6 Å². The molecule has 0 fully saturated rings. The first-order valence-electron chi connectivity index (χ1n) is 11.1. The van der Waals surface area contributed by atoms with E-state index in [1.54, 1.807) is 11.3 Å². The van der Waals surface area contributed by atoms with Crippen LogP contribution in [0.4, 0.5) is 0 Å². The maximum atomic E-state index is 6.36. The van der Waals surface area contributed by atoms with Crippen LogP contribution < -0.4 is 9.47 Å². The second kappa shape index (κ2) is 9.84. The summed E-state index contributed by atoms with van der Waals surface area (Å²) in [5, 5.41) is 0. The highest BCUT2D eigenvalue weighted by molar-refractivity contribution is 7.12. The van der Waals surface area contributed by atoms with Crippen LogP contribution in [0.1, 0.15) is 89.8 Å². The average molecular weight is 411 g/mol. The molecule has 1 aromatic heterocycles. The number of fused-ring (bicyclic) bond motifs is 1. The molecule has 0 bridgehead atoms. The fraction of sp³-hybridized carbons (Fsp3) is 0.833. The molecule has 1 aliphatic rings. The summed E-state index contributed by atoms with van der Waals surface area (Å²) in [6.45, 7) is 19.2. The lowest BCUT2D eigenvalue weighted by atomic mass is 9.71. The van der Waals surface area contributed by atoms with Gasteiger partial charge in [0, 0.05) is 9.75 Å². The van der Waals surface area contributed by atoms with E-state index in [1.165, 1.54) is 41.9 Å². The summed E-state index contributed by atoms with van der Waals surface area (Å²) < 4.78 is 18.5. The van der Waals surface area contributed by atoms with Gasteiger partial charge >= 0.3 is 0 Å². The third-order valence-electron chi connectivity index (χ3n) is 6.22. The van der Waals surface area contributed by atoms with Crippen molar-refractivity contribution in [3.63, 3.8) is 0 Å². The Bertz CT molecular complexity index is 618. The Balaban J connectivity index is 1.83. The van der Waals surface area contributed by atoms with Crippen LogP contribution in [-0.2, 0) is 4.74 Å². The van der Waals surface area contributed by atoms with E-state index >= 15 is 0 Å². The Morgan fingerprint density at radius 3 is 2.43 bits per heavy atom. The summed E-state index contributed by atoms with van der Waals surface area (Å²) in [4.78, 5) is 2.39. The predicted octanol–water partition coefficient (Wildman–Crippen LogP) is 7.32. The van der Waals surface area contributed by atoms with Crippen LogP contribution in [0.25, 0.3) is 0 Å². The molecule has 0 N–H and O–H groups in total. The Morgan fingerprint density at radius 1 is 1.07 bits per heavy atom. The van der Waals surface area contributed by atoms with Gasteiger partial charge < -0.3 is 14.2 Å². The van der Waals surface area contributed by atoms with Crippen molar-refractivity contribution in [2.24, 2.45) is 11.3 Å². The number of hydrogen-bond donors (Lipinski definition) is 0. The Labute approximate surface area is 177 Å². The summed E-state index contributed by atoms with van der Waals surface area (Å²) >= 11 is 1.74. The lowest BCUT2D eigenvalue weighted by Crippen LogP contribution is -2.40. The minimum absolute atomic E-state index is 0.0333. The zero-order valence-electron chi connectivity index (χ0n) is 19.4. The summed E-state index contributed by atoms with van der Waals surface area (Å²) in [6, 6.07) is 0.